The average molecular weight is 224 g/mol. The molecule has 0 amide bonds. The van der Waals surface area contributed by atoms with Crippen molar-refractivity contribution in [2.45, 2.75) is 12.8 Å². The average Bonchev–Trinajstić information content (AvgIpc) is 2.60. The molecule has 0 radical (unpaired) electrons. The van der Waals surface area contributed by atoms with Crippen molar-refractivity contribution in [1.29, 1.82) is 0 Å². The Morgan fingerprint density at radius 2 is 2.31 bits per heavy atom. The van der Waals surface area contributed by atoms with Gasteiger partial charge in [-0.15, -0.1) is 0 Å². The molecule has 1 aromatic heterocycles. The second kappa shape index (κ2) is 3.92. The summed E-state index contributed by atoms with van der Waals surface area (Å²) < 4.78 is 1.58. The van der Waals surface area contributed by atoms with Crippen LogP contribution in [0.15, 0.2) is 6.33 Å². The summed E-state index contributed by atoms with van der Waals surface area (Å²) in [6.45, 7) is 0.895. The number of aryl methyl sites for hydroxylation is 1. The fraction of sp³-hybridized carbons (Fsp3) is 0.556. The third-order valence-electron chi connectivity index (χ3n) is 2.61. The zero-order chi connectivity index (χ0) is 11.7. The van der Waals surface area contributed by atoms with Crippen molar-refractivity contribution in [1.82, 2.24) is 9.55 Å². The number of rotatable bonds is 2. The molecule has 7 heteroatoms. The number of ketones is 1. The van der Waals surface area contributed by atoms with Crippen LogP contribution in [0.3, 0.4) is 0 Å². The number of anilines is 1. The molecule has 0 spiro atoms. The molecule has 1 aliphatic heterocycles. The van der Waals surface area contributed by atoms with Crippen LogP contribution in [0.5, 0.6) is 0 Å². The molecule has 2 rings (SSSR count). The summed E-state index contributed by atoms with van der Waals surface area (Å²) >= 11 is 0. The zero-order valence-electron chi connectivity index (χ0n) is 8.92. The van der Waals surface area contributed by atoms with E-state index in [4.69, 9.17) is 0 Å². The van der Waals surface area contributed by atoms with Gasteiger partial charge >= 0.3 is 5.82 Å². The predicted octanol–water partition coefficient (Wildman–Crippen LogP) is 0.498. The summed E-state index contributed by atoms with van der Waals surface area (Å²) in [6, 6.07) is 0. The number of aromatic nitrogens is 2. The maximum atomic E-state index is 11.3. The number of carbonyl (C=O) groups excluding carboxylic acids is 1. The van der Waals surface area contributed by atoms with Crippen molar-refractivity contribution in [3.05, 3.63) is 16.4 Å². The van der Waals surface area contributed by atoms with Gasteiger partial charge in [-0.3, -0.25) is 9.36 Å². The first-order valence-corrected chi connectivity index (χ1v) is 5.02. The Balaban J connectivity index is 2.34. The van der Waals surface area contributed by atoms with E-state index >= 15 is 0 Å². The third kappa shape index (κ3) is 1.75. The zero-order valence-corrected chi connectivity index (χ0v) is 8.92. The highest BCUT2D eigenvalue weighted by Gasteiger charge is 2.28. The van der Waals surface area contributed by atoms with Gasteiger partial charge in [0.2, 0.25) is 12.1 Å². The van der Waals surface area contributed by atoms with Crippen LogP contribution in [0.4, 0.5) is 11.6 Å². The fourth-order valence-corrected chi connectivity index (χ4v) is 1.92. The number of nitro groups is 1. The van der Waals surface area contributed by atoms with Crippen LogP contribution in [-0.4, -0.2) is 33.3 Å². The number of imidazole rings is 1. The minimum atomic E-state index is -0.519. The number of nitrogens with zero attached hydrogens (tertiary/aromatic N) is 4. The maximum absolute atomic E-state index is 11.3. The number of piperidine rings is 1. The van der Waals surface area contributed by atoms with Gasteiger partial charge in [0, 0.05) is 20.0 Å². The van der Waals surface area contributed by atoms with E-state index in [1.54, 1.807) is 16.5 Å². The molecule has 0 bridgehead atoms. The SMILES string of the molecule is Cn1cnc([N+](=O)[O-])c1N1CCCC(=O)C1. The summed E-state index contributed by atoms with van der Waals surface area (Å²) in [5, 5.41) is 10.8. The van der Waals surface area contributed by atoms with Crippen LogP contribution in [0.25, 0.3) is 0 Å². The van der Waals surface area contributed by atoms with E-state index in [2.05, 4.69) is 4.98 Å². The van der Waals surface area contributed by atoms with Crippen molar-refractivity contribution < 1.29 is 9.72 Å². The van der Waals surface area contributed by atoms with Gasteiger partial charge < -0.3 is 15.0 Å². The standard InChI is InChI=1S/C9H12N4O3/c1-11-6-10-8(13(15)16)9(11)12-4-2-3-7(14)5-12/h6H,2-5H2,1H3. The molecule has 1 aromatic rings. The van der Waals surface area contributed by atoms with Gasteiger partial charge in [-0.2, -0.15) is 0 Å². The van der Waals surface area contributed by atoms with Crippen molar-refractivity contribution in [2.75, 3.05) is 18.0 Å². The van der Waals surface area contributed by atoms with E-state index in [9.17, 15) is 14.9 Å². The largest absolute Gasteiger partial charge is 0.406 e. The molecule has 2 heterocycles. The van der Waals surface area contributed by atoms with Gasteiger partial charge in [0.05, 0.1) is 6.54 Å². The van der Waals surface area contributed by atoms with E-state index in [0.29, 0.717) is 18.8 Å². The highest BCUT2D eigenvalue weighted by molar-refractivity contribution is 5.85. The third-order valence-corrected chi connectivity index (χ3v) is 2.61. The molecule has 0 saturated carbocycles. The summed E-state index contributed by atoms with van der Waals surface area (Å²) in [6.07, 6.45) is 2.69. The molecule has 86 valence electrons. The highest BCUT2D eigenvalue weighted by atomic mass is 16.6. The molecule has 0 N–H and O–H groups in total. The van der Waals surface area contributed by atoms with Crippen LogP contribution in [0.2, 0.25) is 0 Å². The molecule has 16 heavy (non-hydrogen) atoms. The highest BCUT2D eigenvalue weighted by Crippen LogP contribution is 2.27. The van der Waals surface area contributed by atoms with Crippen LogP contribution >= 0.6 is 0 Å². The van der Waals surface area contributed by atoms with E-state index < -0.39 is 4.92 Å². The molecule has 7 nitrogen and oxygen atoms in total. The molecule has 0 unspecified atom stereocenters. The Labute approximate surface area is 91.8 Å². The predicted molar refractivity (Wildman–Crippen MR) is 56.3 cm³/mol. The number of Topliss-reactive ketones (excluding diaryl/α,β-unsaturated/α-hetero) is 1. The second-order valence-corrected chi connectivity index (χ2v) is 3.82. The first kappa shape index (κ1) is 10.6. The summed E-state index contributed by atoms with van der Waals surface area (Å²) in [4.78, 5) is 27.0. The van der Waals surface area contributed by atoms with E-state index in [0.717, 1.165) is 6.42 Å². The topological polar surface area (TPSA) is 81.3 Å². The van der Waals surface area contributed by atoms with Gasteiger partial charge in [0.25, 0.3) is 0 Å². The van der Waals surface area contributed by atoms with E-state index in [-0.39, 0.29) is 18.1 Å². The lowest BCUT2D eigenvalue weighted by molar-refractivity contribution is -0.388. The molecule has 0 aromatic carbocycles. The quantitative estimate of drug-likeness (QED) is 0.539. The van der Waals surface area contributed by atoms with Crippen LogP contribution < -0.4 is 4.90 Å². The van der Waals surface area contributed by atoms with E-state index in [1.807, 2.05) is 0 Å². The number of hydrogen-bond donors (Lipinski definition) is 0. The lowest BCUT2D eigenvalue weighted by atomic mass is 10.1. The first-order chi connectivity index (χ1) is 7.59. The van der Waals surface area contributed by atoms with Crippen LogP contribution in [0.1, 0.15) is 12.8 Å². The van der Waals surface area contributed by atoms with Gasteiger partial charge in [-0.25, -0.2) is 0 Å². The smallest absolute Gasteiger partial charge is 0.358 e. The van der Waals surface area contributed by atoms with Gasteiger partial charge in [-0.1, -0.05) is 0 Å². The fourth-order valence-electron chi connectivity index (χ4n) is 1.92. The molecule has 1 saturated heterocycles. The maximum Gasteiger partial charge on any atom is 0.406 e. The number of hydrogen-bond acceptors (Lipinski definition) is 5. The van der Waals surface area contributed by atoms with Crippen molar-refractivity contribution in [3.63, 3.8) is 0 Å². The summed E-state index contributed by atoms with van der Waals surface area (Å²) in [5.41, 5.74) is 0. The lowest BCUT2D eigenvalue weighted by Gasteiger charge is -2.26. The molecule has 0 aliphatic carbocycles. The molecule has 1 aliphatic rings. The minimum Gasteiger partial charge on any atom is -0.358 e. The Morgan fingerprint density at radius 1 is 1.56 bits per heavy atom. The monoisotopic (exact) mass is 224 g/mol. The molecular weight excluding hydrogens is 212 g/mol. The van der Waals surface area contributed by atoms with Crippen LogP contribution in [0, 0.1) is 10.1 Å². The second-order valence-electron chi connectivity index (χ2n) is 3.82. The van der Waals surface area contributed by atoms with E-state index in [1.165, 1.54) is 6.33 Å². The van der Waals surface area contributed by atoms with Crippen molar-refractivity contribution in [3.8, 4) is 0 Å². The Bertz CT molecular complexity index is 440. The first-order valence-electron chi connectivity index (χ1n) is 5.02. The lowest BCUT2D eigenvalue weighted by Crippen LogP contribution is -2.36. The van der Waals surface area contributed by atoms with Crippen molar-refractivity contribution in [2.24, 2.45) is 7.05 Å². The van der Waals surface area contributed by atoms with Gasteiger partial charge in [-0.05, 0) is 16.3 Å². The Kier molecular flexibility index (Phi) is 2.59. The summed E-state index contributed by atoms with van der Waals surface area (Å²) in [7, 11) is 1.69. The Morgan fingerprint density at radius 3 is 2.94 bits per heavy atom. The molecule has 0 atom stereocenters. The molecule has 1 fully saturated rings. The van der Waals surface area contributed by atoms with Crippen molar-refractivity contribution >= 4 is 17.4 Å². The number of carbonyl (C=O) groups is 1. The molecular formula is C9H12N4O3. The normalized spacial score (nSPS) is 16.6. The van der Waals surface area contributed by atoms with Crippen LogP contribution in [-0.2, 0) is 11.8 Å². The summed E-state index contributed by atoms with van der Waals surface area (Å²) in [5.74, 6) is 0.344. The van der Waals surface area contributed by atoms with Gasteiger partial charge in [0.1, 0.15) is 0 Å². The van der Waals surface area contributed by atoms with Gasteiger partial charge in [0.15, 0.2) is 5.78 Å². The minimum absolute atomic E-state index is 0.113. The Hall–Kier alpha value is -1.92.